The van der Waals surface area contributed by atoms with Gasteiger partial charge in [0, 0.05) is 11.9 Å². The van der Waals surface area contributed by atoms with Crippen molar-refractivity contribution >= 4 is 28.9 Å². The molecule has 0 atom stereocenters. The Balaban J connectivity index is 1.54. The van der Waals surface area contributed by atoms with E-state index in [-0.39, 0.29) is 12.3 Å². The Morgan fingerprint density at radius 3 is 2.70 bits per heavy atom. The molecule has 2 N–H and O–H groups in total. The number of hydrogen-bond donors (Lipinski definition) is 2. The molecular formula is C21H20N6O3. The Kier molecular flexibility index (Phi) is 5.17. The van der Waals surface area contributed by atoms with Crippen LogP contribution in [0.4, 0.5) is 17.2 Å². The maximum atomic E-state index is 12.6. The molecule has 0 spiro atoms. The molecule has 4 rings (SSSR count). The summed E-state index contributed by atoms with van der Waals surface area (Å²) < 4.78 is 7.63. The minimum Gasteiger partial charge on any atom is -0.495 e. The van der Waals surface area contributed by atoms with Gasteiger partial charge in [0.15, 0.2) is 0 Å². The highest BCUT2D eigenvalue weighted by atomic mass is 16.5. The summed E-state index contributed by atoms with van der Waals surface area (Å²) in [6.45, 7) is 1.66. The van der Waals surface area contributed by atoms with Gasteiger partial charge >= 0.3 is 5.69 Å². The number of fused-ring (bicyclic) bond motifs is 1. The number of aryl methyl sites for hydroxylation is 1. The smallest absolute Gasteiger partial charge is 0.352 e. The number of carbonyl (C=O) groups excluding carboxylic acids is 1. The van der Waals surface area contributed by atoms with Gasteiger partial charge in [0.1, 0.15) is 18.1 Å². The Morgan fingerprint density at radius 2 is 1.93 bits per heavy atom. The van der Waals surface area contributed by atoms with Gasteiger partial charge in [-0.3, -0.25) is 4.79 Å². The van der Waals surface area contributed by atoms with E-state index in [1.807, 2.05) is 43.3 Å². The fraction of sp³-hybridized carbons (Fsp3) is 0.143. The molecule has 9 nitrogen and oxygen atoms in total. The van der Waals surface area contributed by atoms with Gasteiger partial charge in [-0.15, -0.1) is 5.10 Å². The molecule has 0 aliphatic rings. The van der Waals surface area contributed by atoms with Crippen molar-refractivity contribution in [3.05, 3.63) is 76.8 Å². The molecule has 0 aliphatic carbocycles. The molecular weight excluding hydrogens is 384 g/mol. The van der Waals surface area contributed by atoms with Gasteiger partial charge in [-0.1, -0.05) is 24.3 Å². The van der Waals surface area contributed by atoms with Crippen LogP contribution < -0.4 is 21.1 Å². The molecule has 0 saturated carbocycles. The third-order valence-corrected chi connectivity index (χ3v) is 4.42. The van der Waals surface area contributed by atoms with E-state index < -0.39 is 11.6 Å². The summed E-state index contributed by atoms with van der Waals surface area (Å²) in [5.74, 6) is 0.878. The fourth-order valence-corrected chi connectivity index (χ4v) is 2.99. The quantitative estimate of drug-likeness (QED) is 0.512. The second-order valence-corrected chi connectivity index (χ2v) is 6.67. The molecule has 30 heavy (non-hydrogen) atoms. The van der Waals surface area contributed by atoms with Crippen molar-refractivity contribution in [2.24, 2.45) is 0 Å². The van der Waals surface area contributed by atoms with E-state index in [2.05, 4.69) is 20.7 Å². The Bertz CT molecular complexity index is 1260. The largest absolute Gasteiger partial charge is 0.495 e. The number of nitrogens with one attached hydrogen (secondary N) is 2. The van der Waals surface area contributed by atoms with Crippen molar-refractivity contribution in [2.45, 2.75) is 13.5 Å². The summed E-state index contributed by atoms with van der Waals surface area (Å²) in [6, 6.07) is 16.7. The van der Waals surface area contributed by atoms with E-state index in [0.29, 0.717) is 17.3 Å². The standard InChI is InChI=1S/C21H20N6O3/c1-14-8-9-17(30-2)16(12-14)23-19(28)13-27-21(29)26-11-10-18(24-20(26)25-27)22-15-6-4-3-5-7-15/h3-12H,13H2,1-2H3,(H,23,28)(H,22,24,25). The van der Waals surface area contributed by atoms with Gasteiger partial charge in [0.25, 0.3) is 5.78 Å². The number of rotatable bonds is 6. The average molecular weight is 404 g/mol. The Hall–Kier alpha value is -4.14. The summed E-state index contributed by atoms with van der Waals surface area (Å²) in [5.41, 5.74) is 1.92. The van der Waals surface area contributed by atoms with E-state index in [0.717, 1.165) is 15.9 Å². The van der Waals surface area contributed by atoms with Crippen LogP contribution in [0.15, 0.2) is 65.6 Å². The lowest BCUT2D eigenvalue weighted by molar-refractivity contribution is -0.117. The third-order valence-electron chi connectivity index (χ3n) is 4.42. The SMILES string of the molecule is COc1ccc(C)cc1NC(=O)Cn1nc2nc(Nc3ccccc3)ccn2c1=O. The molecule has 0 saturated heterocycles. The summed E-state index contributed by atoms with van der Waals surface area (Å²) in [5, 5.41) is 10.1. The lowest BCUT2D eigenvalue weighted by atomic mass is 10.2. The first-order chi connectivity index (χ1) is 14.5. The number of methoxy groups -OCH3 is 1. The zero-order chi connectivity index (χ0) is 21.1. The molecule has 4 aromatic rings. The fourth-order valence-electron chi connectivity index (χ4n) is 2.99. The second kappa shape index (κ2) is 8.08. The van der Waals surface area contributed by atoms with Crippen LogP contribution in [0.1, 0.15) is 5.56 Å². The molecule has 0 fully saturated rings. The number of nitrogens with zero attached hydrogens (tertiary/aromatic N) is 4. The molecule has 0 radical (unpaired) electrons. The van der Waals surface area contributed by atoms with Crippen molar-refractivity contribution in [2.75, 3.05) is 17.7 Å². The van der Waals surface area contributed by atoms with Crippen LogP contribution in [0.3, 0.4) is 0 Å². The number of hydrogen-bond acceptors (Lipinski definition) is 6. The first kappa shape index (κ1) is 19.2. The van der Waals surface area contributed by atoms with Crippen LogP contribution in [0.25, 0.3) is 5.78 Å². The van der Waals surface area contributed by atoms with Gasteiger partial charge < -0.3 is 15.4 Å². The van der Waals surface area contributed by atoms with Crippen molar-refractivity contribution < 1.29 is 9.53 Å². The molecule has 152 valence electrons. The highest BCUT2D eigenvalue weighted by molar-refractivity contribution is 5.92. The van der Waals surface area contributed by atoms with Gasteiger partial charge in [-0.2, -0.15) is 4.98 Å². The summed E-state index contributed by atoms with van der Waals surface area (Å²) in [7, 11) is 1.53. The summed E-state index contributed by atoms with van der Waals surface area (Å²) in [4.78, 5) is 29.4. The lowest BCUT2D eigenvalue weighted by Crippen LogP contribution is -2.28. The average Bonchev–Trinajstić information content (AvgIpc) is 3.03. The highest BCUT2D eigenvalue weighted by Gasteiger charge is 2.14. The number of benzene rings is 2. The topological polar surface area (TPSA) is 103 Å². The molecule has 9 heteroatoms. The number of anilines is 3. The second-order valence-electron chi connectivity index (χ2n) is 6.67. The normalized spacial score (nSPS) is 10.7. The van der Waals surface area contributed by atoms with Crippen LogP contribution in [0.5, 0.6) is 5.75 Å². The van der Waals surface area contributed by atoms with E-state index in [4.69, 9.17) is 4.74 Å². The van der Waals surface area contributed by atoms with Gasteiger partial charge in [-0.05, 0) is 42.8 Å². The van der Waals surface area contributed by atoms with Crippen molar-refractivity contribution in [1.82, 2.24) is 19.2 Å². The monoisotopic (exact) mass is 404 g/mol. The predicted molar refractivity (Wildman–Crippen MR) is 113 cm³/mol. The zero-order valence-electron chi connectivity index (χ0n) is 16.5. The highest BCUT2D eigenvalue weighted by Crippen LogP contribution is 2.25. The third kappa shape index (κ3) is 4.00. The first-order valence-corrected chi connectivity index (χ1v) is 9.26. The molecule has 2 heterocycles. The van der Waals surface area contributed by atoms with E-state index in [9.17, 15) is 9.59 Å². The number of carbonyl (C=O) groups is 1. The molecule has 0 unspecified atom stereocenters. The lowest BCUT2D eigenvalue weighted by Gasteiger charge is -2.10. The van der Waals surface area contributed by atoms with Crippen molar-refractivity contribution in [3.63, 3.8) is 0 Å². The van der Waals surface area contributed by atoms with Crippen LogP contribution in [-0.2, 0) is 11.3 Å². The molecule has 2 aromatic heterocycles. The van der Waals surface area contributed by atoms with E-state index in [1.54, 1.807) is 24.4 Å². The van der Waals surface area contributed by atoms with Gasteiger partial charge in [-0.25, -0.2) is 13.9 Å². The summed E-state index contributed by atoms with van der Waals surface area (Å²) >= 11 is 0. The summed E-state index contributed by atoms with van der Waals surface area (Å²) in [6.07, 6.45) is 1.57. The first-order valence-electron chi connectivity index (χ1n) is 9.26. The molecule has 2 aromatic carbocycles. The van der Waals surface area contributed by atoms with Gasteiger partial charge in [0.2, 0.25) is 5.91 Å². The van der Waals surface area contributed by atoms with Crippen LogP contribution in [0, 0.1) is 6.92 Å². The van der Waals surface area contributed by atoms with E-state index >= 15 is 0 Å². The maximum Gasteiger partial charge on any atom is 0.352 e. The molecule has 0 aliphatic heterocycles. The van der Waals surface area contributed by atoms with Gasteiger partial charge in [0.05, 0.1) is 12.8 Å². The van der Waals surface area contributed by atoms with E-state index in [1.165, 1.54) is 11.5 Å². The Labute approximate surface area is 171 Å². The molecule has 1 amide bonds. The van der Waals surface area contributed by atoms with Crippen LogP contribution in [-0.4, -0.2) is 32.2 Å². The molecule has 0 bridgehead atoms. The Morgan fingerprint density at radius 1 is 1.13 bits per heavy atom. The number of para-hydroxylation sites is 1. The number of ether oxygens (including phenoxy) is 1. The zero-order valence-corrected chi connectivity index (χ0v) is 16.5. The minimum absolute atomic E-state index is 0.196. The maximum absolute atomic E-state index is 12.6. The number of amides is 1. The van der Waals surface area contributed by atoms with Crippen molar-refractivity contribution in [3.8, 4) is 5.75 Å². The van der Waals surface area contributed by atoms with Crippen LogP contribution >= 0.6 is 0 Å². The number of aromatic nitrogens is 4. The van der Waals surface area contributed by atoms with Crippen molar-refractivity contribution in [1.29, 1.82) is 0 Å². The van der Waals surface area contributed by atoms with Crippen LogP contribution in [0.2, 0.25) is 0 Å². The minimum atomic E-state index is -0.449. The predicted octanol–water partition coefficient (Wildman–Crippen LogP) is 2.59.